The normalized spacial score (nSPS) is 10.6. The third-order valence-corrected chi connectivity index (χ3v) is 3.64. The number of hydrogen-bond donors (Lipinski definition) is 0. The van der Waals surface area contributed by atoms with E-state index in [9.17, 15) is 0 Å². The Hall–Kier alpha value is -2.53. The number of nitrogens with zero attached hydrogens (tertiary/aromatic N) is 1. The van der Waals surface area contributed by atoms with Crippen molar-refractivity contribution in [2.24, 2.45) is 0 Å². The molecule has 0 atom stereocenters. The molecule has 0 bridgehead atoms. The fraction of sp³-hybridized carbons (Fsp3) is 0.286. The lowest BCUT2D eigenvalue weighted by Gasteiger charge is -2.07. The van der Waals surface area contributed by atoms with Gasteiger partial charge in [-0.15, -0.1) is 0 Å². The van der Waals surface area contributed by atoms with Gasteiger partial charge < -0.3 is 4.74 Å². The number of allylic oxidation sites excluding steroid dienone is 2. The van der Waals surface area contributed by atoms with E-state index in [-0.39, 0.29) is 0 Å². The molecule has 0 unspecified atom stereocenters. The second kappa shape index (κ2) is 9.48. The Morgan fingerprint density at radius 2 is 1.57 bits per heavy atom. The van der Waals surface area contributed by atoms with Crippen LogP contribution in [0.4, 0.5) is 0 Å². The van der Waals surface area contributed by atoms with Gasteiger partial charge in [0.25, 0.3) is 0 Å². The van der Waals surface area contributed by atoms with Crippen molar-refractivity contribution in [3.63, 3.8) is 0 Å². The first kappa shape index (κ1) is 16.8. The van der Waals surface area contributed by atoms with Gasteiger partial charge in [0.2, 0.25) is 0 Å². The van der Waals surface area contributed by atoms with Gasteiger partial charge in [-0.1, -0.05) is 43.3 Å². The van der Waals surface area contributed by atoms with Crippen LogP contribution in [-0.2, 0) is 0 Å². The smallest absolute Gasteiger partial charge is 0.119 e. The number of ether oxygens (including phenoxy) is 1. The highest BCUT2D eigenvalue weighted by Crippen LogP contribution is 2.22. The topological polar surface area (TPSA) is 33.0 Å². The maximum atomic E-state index is 8.83. The molecule has 2 aromatic carbocycles. The summed E-state index contributed by atoms with van der Waals surface area (Å²) in [7, 11) is 0. The van der Waals surface area contributed by atoms with Crippen LogP contribution < -0.4 is 4.74 Å². The fourth-order valence-electron chi connectivity index (χ4n) is 2.32. The zero-order chi connectivity index (χ0) is 16.3. The standard InChI is InChI=1S/C21H23NO/c1-2-3-4-5-6-7-16-23-21-14-12-20(13-15-21)19-10-8-18(17-22)9-11-19/h3-4,8-15H,2,5-7,16H2,1H3/b4-3-. The molecule has 0 spiro atoms. The molecule has 0 fully saturated rings. The molecule has 0 radical (unpaired) electrons. The molecule has 118 valence electrons. The quantitative estimate of drug-likeness (QED) is 0.460. The summed E-state index contributed by atoms with van der Waals surface area (Å²) in [5.74, 6) is 0.909. The van der Waals surface area contributed by atoms with E-state index in [4.69, 9.17) is 10.00 Å². The van der Waals surface area contributed by atoms with Gasteiger partial charge in [-0.3, -0.25) is 0 Å². The monoisotopic (exact) mass is 305 g/mol. The minimum atomic E-state index is 0.683. The van der Waals surface area contributed by atoms with E-state index >= 15 is 0 Å². The second-order valence-corrected chi connectivity index (χ2v) is 5.44. The maximum absolute atomic E-state index is 8.83. The fourth-order valence-corrected chi connectivity index (χ4v) is 2.32. The van der Waals surface area contributed by atoms with Crippen LogP contribution >= 0.6 is 0 Å². The Kier molecular flexibility index (Phi) is 6.94. The molecule has 2 heteroatoms. The van der Waals surface area contributed by atoms with Crippen molar-refractivity contribution in [3.8, 4) is 22.9 Å². The number of rotatable bonds is 8. The lowest BCUT2D eigenvalue weighted by Crippen LogP contribution is -1.96. The van der Waals surface area contributed by atoms with Crippen LogP contribution in [0.2, 0.25) is 0 Å². The molecule has 2 aromatic rings. The molecule has 0 N–H and O–H groups in total. The number of benzene rings is 2. The first-order valence-corrected chi connectivity index (χ1v) is 8.22. The van der Waals surface area contributed by atoms with Crippen molar-refractivity contribution in [1.29, 1.82) is 5.26 Å². The van der Waals surface area contributed by atoms with E-state index in [1.54, 1.807) is 0 Å². The molecular formula is C21H23NO. The number of hydrogen-bond acceptors (Lipinski definition) is 2. The molecule has 0 aliphatic carbocycles. The van der Waals surface area contributed by atoms with E-state index in [2.05, 4.69) is 37.3 Å². The Bertz CT molecular complexity index is 648. The Balaban J connectivity index is 1.80. The van der Waals surface area contributed by atoms with Crippen LogP contribution in [-0.4, -0.2) is 6.61 Å². The third-order valence-electron chi connectivity index (χ3n) is 3.64. The van der Waals surface area contributed by atoms with E-state index in [1.807, 2.05) is 36.4 Å². The first-order chi connectivity index (χ1) is 11.3. The minimum Gasteiger partial charge on any atom is -0.494 e. The Labute approximate surface area is 139 Å². The second-order valence-electron chi connectivity index (χ2n) is 5.44. The molecule has 2 nitrogen and oxygen atoms in total. The van der Waals surface area contributed by atoms with Crippen molar-refractivity contribution in [2.75, 3.05) is 6.61 Å². The molecule has 0 aliphatic rings. The summed E-state index contributed by atoms with van der Waals surface area (Å²) in [4.78, 5) is 0. The molecule has 0 heterocycles. The van der Waals surface area contributed by atoms with Gasteiger partial charge in [0.05, 0.1) is 18.2 Å². The van der Waals surface area contributed by atoms with E-state index < -0.39 is 0 Å². The zero-order valence-corrected chi connectivity index (χ0v) is 13.7. The van der Waals surface area contributed by atoms with E-state index in [0.29, 0.717) is 5.56 Å². The predicted octanol–water partition coefficient (Wildman–Crippen LogP) is 5.74. The lowest BCUT2D eigenvalue weighted by atomic mass is 10.0. The Morgan fingerprint density at radius 1 is 0.913 bits per heavy atom. The zero-order valence-electron chi connectivity index (χ0n) is 13.7. The van der Waals surface area contributed by atoms with Gasteiger partial charge in [-0.2, -0.15) is 5.26 Å². The molecule has 0 amide bonds. The summed E-state index contributed by atoms with van der Waals surface area (Å²) in [5, 5.41) is 8.83. The summed E-state index contributed by atoms with van der Waals surface area (Å²) in [6.45, 7) is 2.91. The van der Waals surface area contributed by atoms with E-state index in [0.717, 1.165) is 42.7 Å². The largest absolute Gasteiger partial charge is 0.494 e. The molecular weight excluding hydrogens is 282 g/mol. The summed E-state index contributed by atoms with van der Waals surface area (Å²) in [5.41, 5.74) is 2.92. The average Bonchev–Trinajstić information content (AvgIpc) is 2.61. The Morgan fingerprint density at radius 3 is 2.17 bits per heavy atom. The van der Waals surface area contributed by atoms with Crippen molar-refractivity contribution < 1.29 is 4.74 Å². The van der Waals surface area contributed by atoms with Crippen molar-refractivity contribution >= 4 is 0 Å². The van der Waals surface area contributed by atoms with Gasteiger partial charge in [0.1, 0.15) is 5.75 Å². The average molecular weight is 305 g/mol. The molecule has 0 saturated carbocycles. The van der Waals surface area contributed by atoms with Crippen molar-refractivity contribution in [3.05, 3.63) is 66.2 Å². The molecule has 0 saturated heterocycles. The SMILES string of the molecule is CC/C=C\CCCCOc1ccc(-c2ccc(C#N)cc2)cc1. The minimum absolute atomic E-state index is 0.683. The van der Waals surface area contributed by atoms with Crippen LogP contribution in [0.3, 0.4) is 0 Å². The van der Waals surface area contributed by atoms with Gasteiger partial charge in [0.15, 0.2) is 0 Å². The summed E-state index contributed by atoms with van der Waals surface area (Å²) in [6, 6.07) is 17.9. The van der Waals surface area contributed by atoms with Crippen molar-refractivity contribution in [1.82, 2.24) is 0 Å². The molecule has 0 aromatic heterocycles. The van der Waals surface area contributed by atoms with Gasteiger partial charge in [-0.25, -0.2) is 0 Å². The summed E-state index contributed by atoms with van der Waals surface area (Å²) < 4.78 is 5.77. The van der Waals surface area contributed by atoms with Gasteiger partial charge in [-0.05, 0) is 61.1 Å². The molecule has 23 heavy (non-hydrogen) atoms. The first-order valence-electron chi connectivity index (χ1n) is 8.22. The van der Waals surface area contributed by atoms with Crippen LogP contribution in [0.15, 0.2) is 60.7 Å². The van der Waals surface area contributed by atoms with Gasteiger partial charge >= 0.3 is 0 Å². The maximum Gasteiger partial charge on any atom is 0.119 e. The van der Waals surface area contributed by atoms with Crippen LogP contribution in [0, 0.1) is 11.3 Å². The summed E-state index contributed by atoms with van der Waals surface area (Å²) >= 11 is 0. The molecule has 2 rings (SSSR count). The highest BCUT2D eigenvalue weighted by Gasteiger charge is 1.99. The van der Waals surface area contributed by atoms with Gasteiger partial charge in [0, 0.05) is 0 Å². The summed E-state index contributed by atoms with van der Waals surface area (Å²) in [6.07, 6.45) is 8.94. The van der Waals surface area contributed by atoms with Crippen LogP contribution in [0.25, 0.3) is 11.1 Å². The van der Waals surface area contributed by atoms with Crippen molar-refractivity contribution in [2.45, 2.75) is 32.6 Å². The highest BCUT2D eigenvalue weighted by molar-refractivity contribution is 5.64. The van der Waals surface area contributed by atoms with Crippen LogP contribution in [0.1, 0.15) is 38.2 Å². The van der Waals surface area contributed by atoms with E-state index in [1.165, 1.54) is 6.42 Å². The highest BCUT2D eigenvalue weighted by atomic mass is 16.5. The third kappa shape index (κ3) is 5.64. The molecule has 0 aliphatic heterocycles. The predicted molar refractivity (Wildman–Crippen MR) is 95.4 cm³/mol. The number of unbranched alkanes of at least 4 members (excludes halogenated alkanes) is 2. The number of nitriles is 1. The van der Waals surface area contributed by atoms with Crippen LogP contribution in [0.5, 0.6) is 5.75 Å². The lowest BCUT2D eigenvalue weighted by molar-refractivity contribution is 0.307.